The number of carbonyl (C=O) groups excluding carboxylic acids is 3. The molecule has 2 aromatic rings. The molecule has 6 heteroatoms. The van der Waals surface area contributed by atoms with E-state index in [1.807, 2.05) is 58.0 Å². The molecule has 0 aliphatic carbocycles. The van der Waals surface area contributed by atoms with Gasteiger partial charge in [0.25, 0.3) is 0 Å². The van der Waals surface area contributed by atoms with E-state index >= 15 is 0 Å². The van der Waals surface area contributed by atoms with Crippen LogP contribution in [0.25, 0.3) is 0 Å². The molecule has 164 valence electrons. The quantitative estimate of drug-likeness (QED) is 0.706. The van der Waals surface area contributed by atoms with Gasteiger partial charge >= 0.3 is 0 Å². The number of amides is 3. The molecule has 0 aromatic heterocycles. The van der Waals surface area contributed by atoms with Gasteiger partial charge in [0.1, 0.15) is 5.54 Å². The molecule has 6 nitrogen and oxygen atoms in total. The number of hydrogen-bond donors (Lipinski definition) is 1. The van der Waals surface area contributed by atoms with Crippen LogP contribution in [0, 0.1) is 39.5 Å². The summed E-state index contributed by atoms with van der Waals surface area (Å²) >= 11 is 0. The monoisotopic (exact) mass is 429 g/mol. The van der Waals surface area contributed by atoms with Crippen molar-refractivity contribution in [2.75, 3.05) is 16.8 Å². The van der Waals surface area contributed by atoms with Crippen molar-refractivity contribution in [2.24, 2.45) is 11.8 Å². The zero-order chi connectivity index (χ0) is 22.5. The average molecular weight is 430 g/mol. The van der Waals surface area contributed by atoms with Gasteiger partial charge < -0.3 is 5.32 Å². The Kier molecular flexibility index (Phi) is 3.87. The van der Waals surface area contributed by atoms with E-state index in [4.69, 9.17) is 0 Å². The summed E-state index contributed by atoms with van der Waals surface area (Å²) in [4.78, 5) is 45.0. The van der Waals surface area contributed by atoms with Gasteiger partial charge in [-0.05, 0) is 81.5 Å². The van der Waals surface area contributed by atoms with Crippen LogP contribution in [-0.4, -0.2) is 35.2 Å². The van der Waals surface area contributed by atoms with Crippen LogP contribution >= 0.6 is 0 Å². The van der Waals surface area contributed by atoms with Crippen LogP contribution < -0.4 is 10.2 Å². The van der Waals surface area contributed by atoms with E-state index < -0.39 is 17.4 Å². The van der Waals surface area contributed by atoms with E-state index in [-0.39, 0.29) is 23.8 Å². The van der Waals surface area contributed by atoms with Crippen LogP contribution in [0.3, 0.4) is 0 Å². The largest absolute Gasteiger partial charge is 0.324 e. The van der Waals surface area contributed by atoms with Gasteiger partial charge in [-0.1, -0.05) is 18.2 Å². The molecule has 0 radical (unpaired) electrons. The number of fused-ring (bicyclic) bond motifs is 7. The Morgan fingerprint density at radius 3 is 2.44 bits per heavy atom. The van der Waals surface area contributed by atoms with E-state index in [0.717, 1.165) is 52.9 Å². The lowest BCUT2D eigenvalue weighted by molar-refractivity contribution is -0.135. The van der Waals surface area contributed by atoms with Gasteiger partial charge in [-0.15, -0.1) is 0 Å². The van der Waals surface area contributed by atoms with E-state index in [1.165, 1.54) is 4.90 Å². The summed E-state index contributed by atoms with van der Waals surface area (Å²) in [5.74, 6) is -1.78. The fraction of sp³-hybridized carbons (Fsp3) is 0.423. The Labute approximate surface area is 187 Å². The van der Waals surface area contributed by atoms with Crippen LogP contribution in [0.5, 0.6) is 0 Å². The van der Waals surface area contributed by atoms with Crippen molar-refractivity contribution in [2.45, 2.75) is 52.1 Å². The summed E-state index contributed by atoms with van der Waals surface area (Å²) < 4.78 is 0. The fourth-order valence-electron chi connectivity index (χ4n) is 6.64. The molecule has 3 amide bonds. The van der Waals surface area contributed by atoms with Crippen LogP contribution in [0.2, 0.25) is 0 Å². The average Bonchev–Trinajstić information content (AvgIpc) is 3.46. The first-order valence-electron chi connectivity index (χ1n) is 11.4. The topological polar surface area (TPSA) is 69.7 Å². The maximum Gasteiger partial charge on any atom is 0.250 e. The zero-order valence-electron chi connectivity index (χ0n) is 18.9. The molecule has 0 unspecified atom stereocenters. The second-order valence-corrected chi connectivity index (χ2v) is 9.84. The zero-order valence-corrected chi connectivity index (χ0v) is 18.9. The van der Waals surface area contributed by atoms with Crippen LogP contribution in [-0.2, 0) is 19.9 Å². The molecule has 3 saturated heterocycles. The fourth-order valence-corrected chi connectivity index (χ4v) is 6.64. The Hall–Kier alpha value is -2.99. The standard InChI is InChI=1S/C26H27N3O3/c1-13-7-9-17(12-15(13)3)29-23(30)20-19-6-5-11-28(19)26(21(20)24(29)31)18-10-8-14(2)16(4)22(18)27-25(26)32/h7-10,12,19-21H,5-6,11H2,1-4H3,(H,27,32)/t19-,20+,21+,26+/m0/s1. The molecular weight excluding hydrogens is 402 g/mol. The number of aryl methyl sites for hydroxylation is 3. The van der Waals surface area contributed by atoms with Crippen molar-refractivity contribution < 1.29 is 14.4 Å². The Bertz CT molecular complexity index is 1240. The van der Waals surface area contributed by atoms with Crippen LogP contribution in [0.15, 0.2) is 30.3 Å². The molecular formula is C26H27N3O3. The lowest BCUT2D eigenvalue weighted by Gasteiger charge is -2.36. The molecule has 6 rings (SSSR count). The molecule has 0 bridgehead atoms. The third kappa shape index (κ3) is 2.11. The normalized spacial score (nSPS) is 30.8. The number of nitrogens with one attached hydrogen (secondary N) is 1. The third-order valence-corrected chi connectivity index (χ3v) is 8.45. The summed E-state index contributed by atoms with van der Waals surface area (Å²) in [6, 6.07) is 9.61. The number of anilines is 2. The summed E-state index contributed by atoms with van der Waals surface area (Å²) in [5, 5.41) is 3.11. The second-order valence-electron chi connectivity index (χ2n) is 9.84. The number of imide groups is 1. The van der Waals surface area contributed by atoms with Gasteiger partial charge in [0.2, 0.25) is 17.7 Å². The first-order chi connectivity index (χ1) is 15.3. The van der Waals surface area contributed by atoms with Crippen molar-refractivity contribution in [3.63, 3.8) is 0 Å². The van der Waals surface area contributed by atoms with Crippen molar-refractivity contribution in [3.05, 3.63) is 58.1 Å². The van der Waals surface area contributed by atoms with Gasteiger partial charge in [0, 0.05) is 17.3 Å². The predicted molar refractivity (Wildman–Crippen MR) is 121 cm³/mol. The Morgan fingerprint density at radius 2 is 1.69 bits per heavy atom. The summed E-state index contributed by atoms with van der Waals surface area (Å²) in [6.45, 7) is 8.74. The molecule has 4 atom stereocenters. The summed E-state index contributed by atoms with van der Waals surface area (Å²) in [5.41, 5.74) is 5.43. The predicted octanol–water partition coefficient (Wildman–Crippen LogP) is 3.35. The van der Waals surface area contributed by atoms with Crippen molar-refractivity contribution in [1.29, 1.82) is 0 Å². The molecule has 4 aliphatic rings. The van der Waals surface area contributed by atoms with Crippen LogP contribution in [0.1, 0.15) is 40.7 Å². The summed E-state index contributed by atoms with van der Waals surface area (Å²) in [7, 11) is 0. The smallest absolute Gasteiger partial charge is 0.250 e. The van der Waals surface area contributed by atoms with Gasteiger partial charge in [-0.25, -0.2) is 4.90 Å². The lowest BCUT2D eigenvalue weighted by Crippen LogP contribution is -2.54. The minimum absolute atomic E-state index is 0.0914. The maximum absolute atomic E-state index is 14.0. The molecule has 1 spiro atoms. The van der Waals surface area contributed by atoms with Gasteiger partial charge in [0.15, 0.2) is 0 Å². The van der Waals surface area contributed by atoms with Gasteiger partial charge in [-0.2, -0.15) is 0 Å². The SMILES string of the molecule is Cc1ccc(N2C(=O)[C@@H]3[C@@H]4CCCN4[C@@]4(C(=O)Nc5c4ccc(C)c5C)[C@H]3C2=O)cc1C. The molecule has 32 heavy (non-hydrogen) atoms. The number of benzene rings is 2. The molecule has 4 aliphatic heterocycles. The van der Waals surface area contributed by atoms with Crippen molar-refractivity contribution in [3.8, 4) is 0 Å². The first-order valence-corrected chi connectivity index (χ1v) is 11.4. The number of rotatable bonds is 1. The maximum atomic E-state index is 14.0. The molecule has 1 N–H and O–H groups in total. The second kappa shape index (κ2) is 6.29. The third-order valence-electron chi connectivity index (χ3n) is 8.45. The minimum atomic E-state index is -1.11. The molecule has 0 saturated carbocycles. The Morgan fingerprint density at radius 1 is 0.938 bits per heavy atom. The number of hydrogen-bond acceptors (Lipinski definition) is 4. The van der Waals surface area contributed by atoms with Crippen LogP contribution in [0.4, 0.5) is 11.4 Å². The van der Waals surface area contributed by atoms with Gasteiger partial charge in [-0.3, -0.25) is 19.3 Å². The minimum Gasteiger partial charge on any atom is -0.324 e. The molecule has 4 heterocycles. The van der Waals surface area contributed by atoms with Crippen molar-refractivity contribution >= 4 is 29.1 Å². The van der Waals surface area contributed by atoms with Crippen molar-refractivity contribution in [1.82, 2.24) is 4.90 Å². The highest BCUT2D eigenvalue weighted by Crippen LogP contribution is 2.61. The summed E-state index contributed by atoms with van der Waals surface area (Å²) in [6.07, 6.45) is 1.75. The highest BCUT2D eigenvalue weighted by molar-refractivity contribution is 6.26. The first kappa shape index (κ1) is 19.7. The number of nitrogens with zero attached hydrogens (tertiary/aromatic N) is 2. The molecule has 3 fully saturated rings. The Balaban J connectivity index is 1.56. The number of carbonyl (C=O) groups is 3. The van der Waals surface area contributed by atoms with E-state index in [9.17, 15) is 14.4 Å². The highest BCUT2D eigenvalue weighted by Gasteiger charge is 2.74. The van der Waals surface area contributed by atoms with E-state index in [1.54, 1.807) is 0 Å². The van der Waals surface area contributed by atoms with E-state index in [0.29, 0.717) is 5.69 Å². The lowest BCUT2D eigenvalue weighted by atomic mass is 9.75. The highest BCUT2D eigenvalue weighted by atomic mass is 16.2. The van der Waals surface area contributed by atoms with Gasteiger partial charge in [0.05, 0.1) is 17.5 Å². The molecule has 2 aromatic carbocycles. The van der Waals surface area contributed by atoms with E-state index in [2.05, 4.69) is 10.2 Å².